The van der Waals surface area contributed by atoms with Crippen molar-refractivity contribution in [1.82, 2.24) is 10.2 Å². The number of nitrogens with one attached hydrogen (secondary N) is 1. The smallest absolute Gasteiger partial charge is 0.405 e. The van der Waals surface area contributed by atoms with E-state index in [9.17, 15) is 23.1 Å². The van der Waals surface area contributed by atoms with Gasteiger partial charge in [-0.2, -0.15) is 13.2 Å². The SMILES string of the molecule is C[C@H](c1cccc(O)c1)N(C)CC(=O)NCC(F)(F)F. The van der Waals surface area contributed by atoms with E-state index in [2.05, 4.69) is 0 Å². The first kappa shape index (κ1) is 16.3. The lowest BCUT2D eigenvalue weighted by molar-refractivity contribution is -0.139. The molecule has 0 aliphatic heterocycles. The largest absolute Gasteiger partial charge is 0.508 e. The molecule has 112 valence electrons. The summed E-state index contributed by atoms with van der Waals surface area (Å²) in [6, 6.07) is 6.30. The lowest BCUT2D eigenvalue weighted by atomic mass is 10.1. The van der Waals surface area contributed by atoms with Crippen LogP contribution in [0.25, 0.3) is 0 Å². The number of hydrogen-bond donors (Lipinski definition) is 2. The Labute approximate surface area is 115 Å². The number of rotatable bonds is 5. The zero-order valence-electron chi connectivity index (χ0n) is 11.2. The lowest BCUT2D eigenvalue weighted by Crippen LogP contribution is -2.40. The van der Waals surface area contributed by atoms with E-state index in [0.717, 1.165) is 5.56 Å². The predicted octanol–water partition coefficient (Wildman–Crippen LogP) is 2.06. The molecule has 1 amide bonds. The number of nitrogens with zero attached hydrogens (tertiary/aromatic N) is 1. The van der Waals surface area contributed by atoms with Crippen LogP contribution in [0.5, 0.6) is 5.75 Å². The molecular formula is C13H17F3N2O2. The normalized spacial score (nSPS) is 13.3. The highest BCUT2D eigenvalue weighted by Crippen LogP contribution is 2.22. The van der Waals surface area contributed by atoms with Crippen LogP contribution in [-0.2, 0) is 4.79 Å². The fourth-order valence-electron chi connectivity index (χ4n) is 1.66. The first-order valence-corrected chi connectivity index (χ1v) is 6.01. The minimum Gasteiger partial charge on any atom is -0.508 e. The van der Waals surface area contributed by atoms with Gasteiger partial charge in [-0.3, -0.25) is 9.69 Å². The third-order valence-corrected chi connectivity index (χ3v) is 2.89. The van der Waals surface area contributed by atoms with Crippen molar-refractivity contribution in [2.45, 2.75) is 19.1 Å². The van der Waals surface area contributed by atoms with Gasteiger partial charge in [-0.15, -0.1) is 0 Å². The second kappa shape index (κ2) is 6.60. The number of benzene rings is 1. The van der Waals surface area contributed by atoms with Crippen molar-refractivity contribution in [1.29, 1.82) is 0 Å². The van der Waals surface area contributed by atoms with E-state index in [1.807, 2.05) is 5.32 Å². The molecule has 0 spiro atoms. The average molecular weight is 290 g/mol. The maximum Gasteiger partial charge on any atom is 0.405 e. The zero-order valence-corrected chi connectivity index (χ0v) is 11.2. The van der Waals surface area contributed by atoms with Crippen LogP contribution in [0.1, 0.15) is 18.5 Å². The first-order chi connectivity index (χ1) is 9.19. The molecule has 0 radical (unpaired) electrons. The predicted molar refractivity (Wildman–Crippen MR) is 68.2 cm³/mol. The van der Waals surface area contributed by atoms with E-state index in [1.165, 1.54) is 6.07 Å². The van der Waals surface area contributed by atoms with Gasteiger partial charge < -0.3 is 10.4 Å². The average Bonchev–Trinajstić information content (AvgIpc) is 2.34. The third kappa shape index (κ3) is 5.48. The highest BCUT2D eigenvalue weighted by molar-refractivity contribution is 5.78. The topological polar surface area (TPSA) is 52.6 Å². The van der Waals surface area contributed by atoms with Gasteiger partial charge in [0.15, 0.2) is 0 Å². The molecule has 2 N–H and O–H groups in total. The Morgan fingerprint density at radius 3 is 2.65 bits per heavy atom. The zero-order chi connectivity index (χ0) is 15.3. The summed E-state index contributed by atoms with van der Waals surface area (Å²) in [5.74, 6) is -0.596. The van der Waals surface area contributed by atoms with Crippen molar-refractivity contribution < 1.29 is 23.1 Å². The molecule has 0 saturated heterocycles. The summed E-state index contributed by atoms with van der Waals surface area (Å²) >= 11 is 0. The summed E-state index contributed by atoms with van der Waals surface area (Å²) in [5.41, 5.74) is 0.774. The van der Waals surface area contributed by atoms with Crippen LogP contribution in [0.15, 0.2) is 24.3 Å². The van der Waals surface area contributed by atoms with Crippen LogP contribution in [0.4, 0.5) is 13.2 Å². The van der Waals surface area contributed by atoms with E-state index in [1.54, 1.807) is 37.1 Å². The molecule has 4 nitrogen and oxygen atoms in total. The number of likely N-dealkylation sites (N-methyl/N-ethyl adjacent to an activating group) is 1. The van der Waals surface area contributed by atoms with E-state index >= 15 is 0 Å². The summed E-state index contributed by atoms with van der Waals surface area (Å²) < 4.78 is 35.9. The number of halogens is 3. The molecule has 7 heteroatoms. The van der Waals surface area contributed by atoms with Crippen LogP contribution >= 0.6 is 0 Å². The number of carbonyl (C=O) groups is 1. The molecule has 0 aliphatic rings. The van der Waals surface area contributed by atoms with E-state index in [0.29, 0.717) is 0 Å². The number of alkyl halides is 3. The van der Waals surface area contributed by atoms with E-state index in [4.69, 9.17) is 0 Å². The Kier molecular flexibility index (Phi) is 5.38. The van der Waals surface area contributed by atoms with Crippen LogP contribution in [-0.4, -0.2) is 42.2 Å². The highest BCUT2D eigenvalue weighted by Gasteiger charge is 2.28. The maximum absolute atomic E-state index is 12.0. The van der Waals surface area contributed by atoms with Crippen LogP contribution < -0.4 is 5.32 Å². The number of hydrogen-bond acceptors (Lipinski definition) is 3. The quantitative estimate of drug-likeness (QED) is 0.873. The number of phenolic OH excluding ortho intramolecular Hbond substituents is 1. The molecule has 0 saturated carbocycles. The number of carbonyl (C=O) groups excluding carboxylic acids is 1. The van der Waals surface area contributed by atoms with E-state index < -0.39 is 18.6 Å². The molecule has 0 aromatic heterocycles. The summed E-state index contributed by atoms with van der Waals surface area (Å²) in [6.45, 7) is 0.304. The van der Waals surface area contributed by atoms with Gasteiger partial charge in [0.1, 0.15) is 12.3 Å². The van der Waals surface area contributed by atoms with Gasteiger partial charge in [0.05, 0.1) is 6.54 Å². The fourth-order valence-corrected chi connectivity index (χ4v) is 1.66. The Morgan fingerprint density at radius 1 is 1.45 bits per heavy atom. The lowest BCUT2D eigenvalue weighted by Gasteiger charge is -2.24. The standard InChI is InChI=1S/C13H17F3N2O2/c1-9(10-4-3-5-11(19)6-10)18(2)7-12(20)17-8-13(14,15)16/h3-6,9,19H,7-8H2,1-2H3,(H,17,20)/t9-/m1/s1. The Morgan fingerprint density at radius 2 is 2.10 bits per heavy atom. The van der Waals surface area contributed by atoms with Crippen molar-refractivity contribution in [3.05, 3.63) is 29.8 Å². The molecular weight excluding hydrogens is 273 g/mol. The Bertz CT molecular complexity index is 463. The molecule has 0 bridgehead atoms. The summed E-state index contributed by atoms with van der Waals surface area (Å²) in [5, 5.41) is 11.2. The second-order valence-electron chi connectivity index (χ2n) is 4.58. The van der Waals surface area contributed by atoms with Crippen molar-refractivity contribution in [2.75, 3.05) is 20.1 Å². The molecule has 1 aromatic rings. The molecule has 0 fully saturated rings. The number of amides is 1. The molecule has 1 rings (SSSR count). The van der Waals surface area contributed by atoms with Crippen LogP contribution in [0.2, 0.25) is 0 Å². The van der Waals surface area contributed by atoms with Crippen molar-refractivity contribution in [3.63, 3.8) is 0 Å². The fraction of sp³-hybridized carbons (Fsp3) is 0.462. The van der Waals surface area contributed by atoms with Crippen molar-refractivity contribution in [2.24, 2.45) is 0 Å². The second-order valence-corrected chi connectivity index (χ2v) is 4.58. The van der Waals surface area contributed by atoms with Gasteiger partial charge in [0.25, 0.3) is 0 Å². The van der Waals surface area contributed by atoms with E-state index in [-0.39, 0.29) is 18.3 Å². The van der Waals surface area contributed by atoms with Gasteiger partial charge in [-0.25, -0.2) is 0 Å². The molecule has 20 heavy (non-hydrogen) atoms. The number of aromatic hydroxyl groups is 1. The van der Waals surface area contributed by atoms with Crippen molar-refractivity contribution in [3.8, 4) is 5.75 Å². The van der Waals surface area contributed by atoms with Gasteiger partial charge in [0.2, 0.25) is 5.91 Å². The van der Waals surface area contributed by atoms with Gasteiger partial charge >= 0.3 is 6.18 Å². The molecule has 1 aromatic carbocycles. The molecule has 0 unspecified atom stereocenters. The molecule has 1 atom stereocenters. The maximum atomic E-state index is 12.0. The monoisotopic (exact) mass is 290 g/mol. The molecule has 0 aliphatic carbocycles. The molecule has 0 heterocycles. The summed E-state index contributed by atoms with van der Waals surface area (Å²) in [4.78, 5) is 13.0. The Balaban J connectivity index is 2.53. The number of phenols is 1. The van der Waals surface area contributed by atoms with Crippen molar-refractivity contribution >= 4 is 5.91 Å². The van der Waals surface area contributed by atoms with Gasteiger partial charge in [-0.1, -0.05) is 12.1 Å². The van der Waals surface area contributed by atoms with Crippen LogP contribution in [0, 0.1) is 0 Å². The minimum absolute atomic E-state index is 0.101. The Hall–Kier alpha value is -1.76. The van der Waals surface area contributed by atoms with Crippen LogP contribution in [0.3, 0.4) is 0 Å². The van der Waals surface area contributed by atoms with Gasteiger partial charge in [-0.05, 0) is 31.7 Å². The minimum atomic E-state index is -4.41. The summed E-state index contributed by atoms with van der Waals surface area (Å²) in [6.07, 6.45) is -4.41. The van der Waals surface area contributed by atoms with Gasteiger partial charge in [0, 0.05) is 6.04 Å². The third-order valence-electron chi connectivity index (χ3n) is 2.89. The highest BCUT2D eigenvalue weighted by atomic mass is 19.4. The summed E-state index contributed by atoms with van der Waals surface area (Å²) in [7, 11) is 1.63. The first-order valence-electron chi connectivity index (χ1n) is 6.01.